The van der Waals surface area contributed by atoms with Crippen molar-refractivity contribution in [3.05, 3.63) is 44.6 Å². The Bertz CT molecular complexity index is 1570. The van der Waals surface area contributed by atoms with Crippen LogP contribution in [0.25, 0.3) is 0 Å². The molecule has 15 heteroatoms. The fourth-order valence-electron chi connectivity index (χ4n) is 8.46. The number of thiophene rings is 1. The van der Waals surface area contributed by atoms with Gasteiger partial charge in [0.2, 0.25) is 11.8 Å². The van der Waals surface area contributed by atoms with Crippen molar-refractivity contribution in [2.75, 3.05) is 64.2 Å². The molecular formula is C34H42ClF3N6O4S. The van der Waals surface area contributed by atoms with Crippen LogP contribution in [0.5, 0.6) is 5.75 Å². The van der Waals surface area contributed by atoms with Crippen molar-refractivity contribution in [3.8, 4) is 5.75 Å². The maximum Gasteiger partial charge on any atom is 0.420 e. The molecule has 6 aliphatic rings. The number of benzene rings is 1. The summed E-state index contributed by atoms with van der Waals surface area (Å²) < 4.78 is 41.3. The third-order valence-electron chi connectivity index (χ3n) is 11.2. The highest BCUT2D eigenvalue weighted by atomic mass is 35.5. The fourth-order valence-corrected chi connectivity index (χ4v) is 9.48. The first-order chi connectivity index (χ1) is 23.4. The van der Waals surface area contributed by atoms with Gasteiger partial charge >= 0.3 is 12.2 Å². The molecule has 2 N–H and O–H groups in total. The fraction of sp³-hybridized carbons (Fsp3) is 0.618. The summed E-state index contributed by atoms with van der Waals surface area (Å²) in [5.41, 5.74) is 0.774. The average Bonchev–Trinajstić information content (AvgIpc) is 3.56. The molecule has 5 saturated heterocycles. The number of nitrogens with one attached hydrogen (secondary N) is 1. The molecule has 0 spiro atoms. The normalized spacial score (nSPS) is 25.7. The second-order valence-electron chi connectivity index (χ2n) is 14.1. The maximum atomic E-state index is 14.1. The number of aromatic hydroxyl groups is 1. The summed E-state index contributed by atoms with van der Waals surface area (Å²) in [7, 11) is 0. The molecule has 49 heavy (non-hydrogen) atoms. The summed E-state index contributed by atoms with van der Waals surface area (Å²) in [5.74, 6) is -1.79. The number of nitrogens with zero attached hydrogens (tertiary/aromatic N) is 5. The molecule has 10 nitrogen and oxygen atoms in total. The van der Waals surface area contributed by atoms with Gasteiger partial charge in [-0.05, 0) is 74.2 Å². The van der Waals surface area contributed by atoms with E-state index in [9.17, 15) is 32.7 Å². The molecule has 5 fully saturated rings. The number of anilines is 1. The molecule has 0 aliphatic carbocycles. The number of rotatable bonds is 7. The number of hydrogen-bond donors (Lipinski definition) is 2. The third kappa shape index (κ3) is 7.24. The zero-order chi connectivity index (χ0) is 34.4. The van der Waals surface area contributed by atoms with Crippen molar-refractivity contribution in [1.82, 2.24) is 24.5 Å². The summed E-state index contributed by atoms with van der Waals surface area (Å²) in [5, 5.41) is 16.5. The lowest BCUT2D eigenvalue weighted by atomic mass is 9.83. The SMILES string of the molecule is O=C(C[C@H](Cc1cc(Cl)c(O)c(C(F)(F)F)c1)C(=O)N1CCN(C2CN3CCC2CC3)CC1)N1CCC(N2Cc3cscc3NC2=O)CC1. The number of fused-ring (bicyclic) bond motifs is 4. The average molecular weight is 723 g/mol. The Hall–Kier alpha value is -3.07. The molecule has 1 aromatic heterocycles. The molecule has 1 aromatic carbocycles. The first-order valence-electron chi connectivity index (χ1n) is 17.2. The molecule has 7 heterocycles. The molecule has 4 amide bonds. The molecule has 6 aliphatic heterocycles. The van der Waals surface area contributed by atoms with E-state index in [0.717, 1.165) is 50.0 Å². The number of piperidine rings is 4. The summed E-state index contributed by atoms with van der Waals surface area (Å²) in [6, 6.07) is 2.35. The first kappa shape index (κ1) is 34.4. The lowest BCUT2D eigenvalue weighted by Gasteiger charge is -2.51. The number of urea groups is 1. The van der Waals surface area contributed by atoms with E-state index in [1.807, 2.05) is 15.7 Å². The highest BCUT2D eigenvalue weighted by molar-refractivity contribution is 7.08. The van der Waals surface area contributed by atoms with Crippen LogP contribution in [0.4, 0.5) is 23.7 Å². The summed E-state index contributed by atoms with van der Waals surface area (Å²) in [6.07, 6.45) is -1.57. The molecular weight excluding hydrogens is 681 g/mol. The minimum absolute atomic E-state index is 0.0399. The van der Waals surface area contributed by atoms with Gasteiger partial charge in [-0.1, -0.05) is 11.6 Å². The van der Waals surface area contributed by atoms with Gasteiger partial charge in [-0.25, -0.2) is 4.79 Å². The third-order valence-corrected chi connectivity index (χ3v) is 12.3. The molecule has 2 aromatic rings. The van der Waals surface area contributed by atoms with E-state index in [0.29, 0.717) is 57.5 Å². The van der Waals surface area contributed by atoms with Crippen LogP contribution in [0.15, 0.2) is 22.9 Å². The minimum Gasteiger partial charge on any atom is -0.506 e. The standard InChI is InChI=1S/C34H42ClF3N6O4S/c35-27-15-21(14-26(31(27)46)34(36,37)38)13-23(32(47)43-11-9-41(10-12-43)29-18-40-5-1-22(29)2-6-40)16-30(45)42-7-3-25(4-8-42)44-17-24-19-49-20-28(24)39-33(44)48/h14-15,19-20,22-23,25,29,46H,1-13,16-18H2,(H,39,48)/t23-,29?/m0/s1. The zero-order valence-corrected chi connectivity index (χ0v) is 28.8. The van der Waals surface area contributed by atoms with Gasteiger partial charge in [0.25, 0.3) is 0 Å². The number of hydrogen-bond acceptors (Lipinski definition) is 7. The van der Waals surface area contributed by atoms with Crippen molar-refractivity contribution in [1.29, 1.82) is 0 Å². The van der Waals surface area contributed by atoms with Gasteiger partial charge < -0.3 is 30.0 Å². The molecule has 8 rings (SSSR count). The van der Waals surface area contributed by atoms with E-state index in [2.05, 4.69) is 15.1 Å². The number of piperazine rings is 1. The molecule has 0 saturated carbocycles. The Kier molecular flexibility index (Phi) is 9.77. The number of likely N-dealkylation sites (tertiary alicyclic amines) is 1. The smallest absolute Gasteiger partial charge is 0.420 e. The summed E-state index contributed by atoms with van der Waals surface area (Å²) in [6.45, 7) is 7.09. The largest absolute Gasteiger partial charge is 0.506 e. The van der Waals surface area contributed by atoms with E-state index in [-0.39, 0.29) is 42.3 Å². The monoisotopic (exact) mass is 722 g/mol. The maximum absolute atomic E-state index is 14.1. The predicted octanol–water partition coefficient (Wildman–Crippen LogP) is 4.95. The number of phenols is 1. The Labute approximate surface area is 292 Å². The number of carbonyl (C=O) groups is 3. The summed E-state index contributed by atoms with van der Waals surface area (Å²) >= 11 is 7.57. The Balaban J connectivity index is 1.03. The van der Waals surface area contributed by atoms with Crippen LogP contribution in [0, 0.1) is 11.8 Å². The van der Waals surface area contributed by atoms with E-state index >= 15 is 0 Å². The number of halogens is 4. The second kappa shape index (κ2) is 13.9. The zero-order valence-electron chi connectivity index (χ0n) is 27.3. The van der Waals surface area contributed by atoms with Crippen molar-refractivity contribution >= 4 is 46.5 Å². The van der Waals surface area contributed by atoms with Crippen LogP contribution in [-0.4, -0.2) is 118 Å². The first-order valence-corrected chi connectivity index (χ1v) is 18.5. The van der Waals surface area contributed by atoms with Crippen LogP contribution in [0.1, 0.15) is 48.8 Å². The van der Waals surface area contributed by atoms with Crippen LogP contribution >= 0.6 is 22.9 Å². The van der Waals surface area contributed by atoms with Crippen LogP contribution in [0.2, 0.25) is 5.02 Å². The van der Waals surface area contributed by atoms with Crippen LogP contribution in [0.3, 0.4) is 0 Å². The van der Waals surface area contributed by atoms with Gasteiger partial charge in [0.05, 0.1) is 28.7 Å². The van der Waals surface area contributed by atoms with Gasteiger partial charge in [-0.3, -0.25) is 14.5 Å². The van der Waals surface area contributed by atoms with Crippen LogP contribution in [-0.2, 0) is 28.7 Å². The molecule has 2 bridgehead atoms. The predicted molar refractivity (Wildman–Crippen MR) is 180 cm³/mol. The number of phenolic OH excluding ortho intramolecular Hbond substituents is 1. The highest BCUT2D eigenvalue weighted by Crippen LogP contribution is 2.41. The highest BCUT2D eigenvalue weighted by Gasteiger charge is 2.41. The summed E-state index contributed by atoms with van der Waals surface area (Å²) in [4.78, 5) is 50.9. The lowest BCUT2D eigenvalue weighted by Crippen LogP contribution is -2.61. The van der Waals surface area contributed by atoms with Crippen molar-refractivity contribution in [2.24, 2.45) is 11.8 Å². The Morgan fingerprint density at radius 3 is 2.35 bits per heavy atom. The molecule has 0 radical (unpaired) electrons. The Morgan fingerprint density at radius 2 is 1.69 bits per heavy atom. The molecule has 1 unspecified atom stereocenters. The number of alkyl halides is 3. The lowest BCUT2D eigenvalue weighted by molar-refractivity contribution is -0.143. The quantitative estimate of drug-likeness (QED) is 0.420. The Morgan fingerprint density at radius 1 is 0.980 bits per heavy atom. The second-order valence-corrected chi connectivity index (χ2v) is 15.3. The van der Waals surface area contributed by atoms with Crippen LogP contribution < -0.4 is 5.32 Å². The van der Waals surface area contributed by atoms with Gasteiger partial charge in [-0.15, -0.1) is 11.3 Å². The number of carbonyl (C=O) groups excluding carboxylic acids is 3. The topological polar surface area (TPSA) is 99.7 Å². The van der Waals surface area contributed by atoms with Gasteiger partial charge in [0.1, 0.15) is 5.75 Å². The molecule has 2 atom stereocenters. The van der Waals surface area contributed by atoms with E-state index in [1.165, 1.54) is 30.2 Å². The van der Waals surface area contributed by atoms with E-state index in [4.69, 9.17) is 11.6 Å². The van der Waals surface area contributed by atoms with Crippen molar-refractivity contribution < 1.29 is 32.7 Å². The van der Waals surface area contributed by atoms with E-state index < -0.39 is 28.4 Å². The minimum atomic E-state index is -4.84. The van der Waals surface area contributed by atoms with Gasteiger partial charge in [0, 0.05) is 75.3 Å². The molecule has 266 valence electrons. The van der Waals surface area contributed by atoms with Gasteiger partial charge in [-0.2, -0.15) is 13.2 Å². The van der Waals surface area contributed by atoms with Crippen molar-refractivity contribution in [3.63, 3.8) is 0 Å². The van der Waals surface area contributed by atoms with Crippen molar-refractivity contribution in [2.45, 2.75) is 63.3 Å². The van der Waals surface area contributed by atoms with E-state index in [1.54, 1.807) is 9.80 Å². The number of amides is 4. The van der Waals surface area contributed by atoms with Gasteiger partial charge in [0.15, 0.2) is 0 Å².